The molecule has 1 atom stereocenters. The highest BCUT2D eigenvalue weighted by molar-refractivity contribution is 7.89. The highest BCUT2D eigenvalue weighted by Crippen LogP contribution is 2.31. The van der Waals surface area contributed by atoms with E-state index in [0.717, 1.165) is 39.8 Å². The summed E-state index contributed by atoms with van der Waals surface area (Å²) in [6.07, 6.45) is 1.78. The Balaban J connectivity index is 1.87. The first kappa shape index (κ1) is 20.1. The van der Waals surface area contributed by atoms with Crippen molar-refractivity contribution >= 4 is 10.0 Å². The molecule has 5 heteroatoms. The van der Waals surface area contributed by atoms with E-state index in [1.165, 1.54) is 5.56 Å². The van der Waals surface area contributed by atoms with Gasteiger partial charge >= 0.3 is 0 Å². The van der Waals surface area contributed by atoms with E-state index in [4.69, 9.17) is 0 Å². The Morgan fingerprint density at radius 1 is 0.926 bits per heavy atom. The number of fused-ring (bicyclic) bond motifs is 1. The molecule has 1 aliphatic rings. The molecule has 146 valence electrons. The second-order valence-corrected chi connectivity index (χ2v) is 9.65. The highest BCUT2D eigenvalue weighted by Gasteiger charge is 2.34. The van der Waals surface area contributed by atoms with E-state index in [2.05, 4.69) is 10.8 Å². The lowest BCUT2D eigenvalue weighted by molar-refractivity contribution is 0.0317. The molecule has 0 spiro atoms. The van der Waals surface area contributed by atoms with Crippen LogP contribution in [0.5, 0.6) is 0 Å². The van der Waals surface area contributed by atoms with E-state index in [1.807, 2.05) is 52.8 Å². The lowest BCUT2D eigenvalue weighted by atomic mass is 9.80. The minimum atomic E-state index is -3.71. The molecular weight excluding hydrogens is 358 g/mol. The van der Waals surface area contributed by atoms with Gasteiger partial charge in [-0.15, -0.1) is 0 Å². The van der Waals surface area contributed by atoms with Crippen LogP contribution in [-0.2, 0) is 22.9 Å². The normalized spacial score (nSPS) is 19.8. The molecular formula is C22H29NO3S. The van der Waals surface area contributed by atoms with Gasteiger partial charge in [0.15, 0.2) is 0 Å². The van der Waals surface area contributed by atoms with E-state index >= 15 is 0 Å². The topological polar surface area (TPSA) is 66.4 Å². The van der Waals surface area contributed by atoms with Crippen molar-refractivity contribution in [2.45, 2.75) is 64.4 Å². The lowest BCUT2D eigenvalue weighted by Crippen LogP contribution is -2.46. The van der Waals surface area contributed by atoms with Gasteiger partial charge in [-0.3, -0.25) is 0 Å². The summed E-state index contributed by atoms with van der Waals surface area (Å²) in [4.78, 5) is 0.350. The number of hydrogen-bond donors (Lipinski definition) is 2. The minimum absolute atomic E-state index is 0.0223. The minimum Gasteiger partial charge on any atom is -0.388 e. The lowest BCUT2D eigenvalue weighted by Gasteiger charge is -2.33. The summed E-state index contributed by atoms with van der Waals surface area (Å²) < 4.78 is 28.9. The first-order valence-corrected chi connectivity index (χ1v) is 10.9. The molecule has 1 aliphatic carbocycles. The molecule has 2 aromatic carbocycles. The third-order valence-corrected chi connectivity index (χ3v) is 7.96. The van der Waals surface area contributed by atoms with Gasteiger partial charge in [0, 0.05) is 13.0 Å². The van der Waals surface area contributed by atoms with Crippen LogP contribution in [-0.4, -0.2) is 25.7 Å². The van der Waals surface area contributed by atoms with E-state index in [9.17, 15) is 13.5 Å². The van der Waals surface area contributed by atoms with Crippen molar-refractivity contribution in [1.29, 1.82) is 0 Å². The molecule has 2 N–H and O–H groups in total. The van der Waals surface area contributed by atoms with E-state index in [1.54, 1.807) is 0 Å². The van der Waals surface area contributed by atoms with Gasteiger partial charge in [-0.1, -0.05) is 24.3 Å². The van der Waals surface area contributed by atoms with Crippen molar-refractivity contribution < 1.29 is 13.5 Å². The molecule has 0 heterocycles. The molecule has 0 bridgehead atoms. The average molecular weight is 388 g/mol. The van der Waals surface area contributed by atoms with Gasteiger partial charge < -0.3 is 5.11 Å². The number of aliphatic hydroxyl groups is 1. The summed E-state index contributed by atoms with van der Waals surface area (Å²) in [5, 5.41) is 11.0. The fourth-order valence-corrected chi connectivity index (χ4v) is 5.82. The molecule has 0 saturated heterocycles. The number of benzene rings is 2. The Labute approximate surface area is 162 Å². The second-order valence-electron chi connectivity index (χ2n) is 7.95. The van der Waals surface area contributed by atoms with E-state index in [-0.39, 0.29) is 6.54 Å². The van der Waals surface area contributed by atoms with Crippen LogP contribution in [0.2, 0.25) is 0 Å². The number of nitrogens with one attached hydrogen (secondary N) is 1. The van der Waals surface area contributed by atoms with E-state index in [0.29, 0.717) is 17.7 Å². The molecule has 0 amide bonds. The van der Waals surface area contributed by atoms with Crippen LogP contribution in [0.25, 0.3) is 0 Å². The molecule has 4 nitrogen and oxygen atoms in total. The number of aryl methyl sites for hydroxylation is 1. The molecule has 0 fully saturated rings. The Morgan fingerprint density at radius 2 is 1.44 bits per heavy atom. The third kappa shape index (κ3) is 3.68. The first-order chi connectivity index (χ1) is 12.6. The average Bonchev–Trinajstić information content (AvgIpc) is 2.63. The predicted molar refractivity (Wildman–Crippen MR) is 109 cm³/mol. The Hall–Kier alpha value is -1.69. The maximum absolute atomic E-state index is 13.1. The first-order valence-electron chi connectivity index (χ1n) is 9.41. The van der Waals surface area contributed by atoms with Gasteiger partial charge in [0.2, 0.25) is 10.0 Å². The predicted octanol–water partition coefficient (Wildman–Crippen LogP) is 3.43. The molecule has 0 radical (unpaired) electrons. The fraction of sp³-hybridized carbons (Fsp3) is 0.455. The molecule has 0 saturated carbocycles. The number of sulfonamides is 1. The molecule has 2 aromatic rings. The molecule has 3 rings (SSSR count). The Morgan fingerprint density at radius 3 is 2.04 bits per heavy atom. The summed E-state index contributed by atoms with van der Waals surface area (Å²) in [5.74, 6) is 0. The van der Waals surface area contributed by atoms with Crippen molar-refractivity contribution in [2.24, 2.45) is 0 Å². The summed E-state index contributed by atoms with van der Waals surface area (Å²) in [6, 6.07) is 8.04. The van der Waals surface area contributed by atoms with Crippen molar-refractivity contribution in [1.82, 2.24) is 4.72 Å². The van der Waals surface area contributed by atoms with Crippen molar-refractivity contribution in [3.63, 3.8) is 0 Å². The van der Waals surface area contributed by atoms with Crippen molar-refractivity contribution in [2.75, 3.05) is 6.54 Å². The smallest absolute Gasteiger partial charge is 0.241 e. The largest absolute Gasteiger partial charge is 0.388 e. The number of hydrogen-bond acceptors (Lipinski definition) is 3. The van der Waals surface area contributed by atoms with E-state index < -0.39 is 15.6 Å². The Bertz CT molecular complexity index is 966. The van der Waals surface area contributed by atoms with Crippen molar-refractivity contribution in [3.8, 4) is 0 Å². The van der Waals surface area contributed by atoms with Crippen molar-refractivity contribution in [3.05, 3.63) is 63.2 Å². The van der Waals surface area contributed by atoms with Gasteiger partial charge in [0.25, 0.3) is 0 Å². The standard InChI is InChI=1S/C22H29NO3S/c1-14-15(2)17(4)21(18(5)16(14)3)27(25,26)23-13-22(24)11-10-19-8-6-7-9-20(19)12-22/h6-9,23-24H,10-13H2,1-5H3. The monoisotopic (exact) mass is 387 g/mol. The fourth-order valence-electron chi connectivity index (χ4n) is 4.11. The number of rotatable bonds is 4. The summed E-state index contributed by atoms with van der Waals surface area (Å²) in [5.41, 5.74) is 5.98. The summed E-state index contributed by atoms with van der Waals surface area (Å²) >= 11 is 0. The van der Waals surface area contributed by atoms with Crippen LogP contribution >= 0.6 is 0 Å². The van der Waals surface area contributed by atoms with Gasteiger partial charge in [0.1, 0.15) is 0 Å². The third-order valence-electron chi connectivity index (χ3n) is 6.29. The molecule has 0 aromatic heterocycles. The summed E-state index contributed by atoms with van der Waals surface area (Å²) in [6.45, 7) is 9.68. The van der Waals surface area contributed by atoms with Gasteiger partial charge in [-0.25, -0.2) is 13.1 Å². The van der Waals surface area contributed by atoms with Crippen LogP contribution in [0.1, 0.15) is 45.4 Å². The van der Waals surface area contributed by atoms with Crippen LogP contribution in [0.15, 0.2) is 29.2 Å². The van der Waals surface area contributed by atoms with Gasteiger partial charge in [-0.05, 0) is 86.4 Å². The molecule has 1 unspecified atom stereocenters. The van der Waals surface area contributed by atoms with Crippen LogP contribution in [0, 0.1) is 34.6 Å². The maximum atomic E-state index is 13.1. The summed E-state index contributed by atoms with van der Waals surface area (Å²) in [7, 11) is -3.71. The Kier molecular flexibility index (Phi) is 5.23. The molecule has 27 heavy (non-hydrogen) atoms. The molecule has 0 aliphatic heterocycles. The quantitative estimate of drug-likeness (QED) is 0.845. The zero-order valence-corrected chi connectivity index (χ0v) is 17.6. The van der Waals surface area contributed by atoms with Crippen LogP contribution in [0.4, 0.5) is 0 Å². The van der Waals surface area contributed by atoms with Crippen LogP contribution < -0.4 is 4.72 Å². The SMILES string of the molecule is Cc1c(C)c(C)c(S(=O)(=O)NCC2(O)CCc3ccccc3C2)c(C)c1C. The van der Waals surface area contributed by atoms with Gasteiger partial charge in [0.05, 0.1) is 10.5 Å². The zero-order valence-electron chi connectivity index (χ0n) is 16.8. The highest BCUT2D eigenvalue weighted by atomic mass is 32.2. The second kappa shape index (κ2) is 7.04. The maximum Gasteiger partial charge on any atom is 0.241 e. The zero-order chi connectivity index (χ0) is 20.0. The van der Waals surface area contributed by atoms with Crippen LogP contribution in [0.3, 0.4) is 0 Å². The van der Waals surface area contributed by atoms with Gasteiger partial charge in [-0.2, -0.15) is 0 Å².